The Morgan fingerprint density at radius 1 is 0.955 bits per heavy atom. The molecule has 1 saturated heterocycles. The average molecular weight is 335 g/mol. The van der Waals surface area contributed by atoms with Gasteiger partial charge in [-0.3, -0.25) is 9.69 Å². The summed E-state index contributed by atoms with van der Waals surface area (Å²) in [6.45, 7) is 0.0481. The summed E-state index contributed by atoms with van der Waals surface area (Å²) in [5.41, 5.74) is 1.30. The standard InChI is InChI=1S/C16H12Cl2N2O2/c17-12-7-4-8-13(18)11(12)9-20-15(21)14(19-16(20)22)10-5-2-1-3-6-10/h1-8,14H,9H2,(H,19,22). The molecule has 1 heterocycles. The number of imide groups is 1. The van der Waals surface area contributed by atoms with Crippen molar-refractivity contribution in [2.24, 2.45) is 0 Å². The molecule has 1 aliphatic rings. The van der Waals surface area contributed by atoms with Crippen LogP contribution in [0.5, 0.6) is 0 Å². The van der Waals surface area contributed by atoms with Crippen molar-refractivity contribution in [1.82, 2.24) is 10.2 Å². The average Bonchev–Trinajstić information content (AvgIpc) is 2.79. The van der Waals surface area contributed by atoms with Crippen molar-refractivity contribution in [2.45, 2.75) is 12.6 Å². The third kappa shape index (κ3) is 2.67. The van der Waals surface area contributed by atoms with Crippen LogP contribution in [0.4, 0.5) is 4.79 Å². The first-order chi connectivity index (χ1) is 10.6. The molecule has 22 heavy (non-hydrogen) atoms. The highest BCUT2D eigenvalue weighted by Gasteiger charge is 2.39. The van der Waals surface area contributed by atoms with Crippen LogP contribution in [-0.2, 0) is 11.3 Å². The number of halogens is 2. The lowest BCUT2D eigenvalue weighted by Gasteiger charge is -2.15. The molecular formula is C16H12Cl2N2O2. The maximum atomic E-state index is 12.5. The summed E-state index contributed by atoms with van der Waals surface area (Å²) < 4.78 is 0. The van der Waals surface area contributed by atoms with E-state index in [0.717, 1.165) is 10.5 Å². The zero-order chi connectivity index (χ0) is 15.7. The van der Waals surface area contributed by atoms with E-state index in [-0.39, 0.29) is 12.5 Å². The molecule has 1 aliphatic heterocycles. The van der Waals surface area contributed by atoms with Crippen LogP contribution in [0, 0.1) is 0 Å². The van der Waals surface area contributed by atoms with Crippen LogP contribution in [0.1, 0.15) is 17.2 Å². The van der Waals surface area contributed by atoms with E-state index in [1.54, 1.807) is 30.3 Å². The molecule has 2 aromatic rings. The second-order valence-corrected chi connectivity index (χ2v) is 5.73. The second-order valence-electron chi connectivity index (χ2n) is 4.92. The molecule has 112 valence electrons. The Labute approximate surface area is 137 Å². The number of carbonyl (C=O) groups is 2. The predicted octanol–water partition coefficient (Wildman–Crippen LogP) is 3.79. The number of amides is 3. The molecule has 4 nitrogen and oxygen atoms in total. The van der Waals surface area contributed by atoms with Gasteiger partial charge in [0.25, 0.3) is 5.91 Å². The summed E-state index contributed by atoms with van der Waals surface area (Å²) >= 11 is 12.2. The van der Waals surface area contributed by atoms with Gasteiger partial charge < -0.3 is 5.32 Å². The van der Waals surface area contributed by atoms with Gasteiger partial charge in [0.1, 0.15) is 6.04 Å². The summed E-state index contributed by atoms with van der Waals surface area (Å²) in [5, 5.41) is 3.53. The van der Waals surface area contributed by atoms with Crippen LogP contribution in [0.25, 0.3) is 0 Å². The highest BCUT2D eigenvalue weighted by molar-refractivity contribution is 6.36. The molecule has 0 aromatic heterocycles. The van der Waals surface area contributed by atoms with Crippen molar-refractivity contribution in [1.29, 1.82) is 0 Å². The molecular weight excluding hydrogens is 323 g/mol. The predicted molar refractivity (Wildman–Crippen MR) is 84.7 cm³/mol. The van der Waals surface area contributed by atoms with Gasteiger partial charge in [-0.25, -0.2) is 4.79 Å². The van der Waals surface area contributed by atoms with Crippen molar-refractivity contribution < 1.29 is 9.59 Å². The second kappa shape index (κ2) is 5.99. The first-order valence-corrected chi connectivity index (χ1v) is 7.43. The monoisotopic (exact) mass is 334 g/mol. The number of hydrogen-bond donors (Lipinski definition) is 1. The number of carbonyl (C=O) groups excluding carboxylic acids is 2. The van der Waals surface area contributed by atoms with E-state index in [1.807, 2.05) is 18.2 Å². The van der Waals surface area contributed by atoms with Crippen LogP contribution in [-0.4, -0.2) is 16.8 Å². The van der Waals surface area contributed by atoms with E-state index in [2.05, 4.69) is 5.32 Å². The molecule has 0 aliphatic carbocycles. The lowest BCUT2D eigenvalue weighted by molar-refractivity contribution is -0.128. The van der Waals surface area contributed by atoms with E-state index in [1.165, 1.54) is 0 Å². The van der Waals surface area contributed by atoms with Gasteiger partial charge in [-0.1, -0.05) is 59.6 Å². The minimum Gasteiger partial charge on any atom is -0.322 e. The quantitative estimate of drug-likeness (QED) is 0.868. The van der Waals surface area contributed by atoms with Crippen molar-refractivity contribution in [3.05, 3.63) is 69.7 Å². The fraction of sp³-hybridized carbons (Fsp3) is 0.125. The molecule has 2 aromatic carbocycles. The summed E-state index contributed by atoms with van der Waals surface area (Å²) in [5.74, 6) is -0.313. The Hall–Kier alpha value is -2.04. The highest BCUT2D eigenvalue weighted by atomic mass is 35.5. The van der Waals surface area contributed by atoms with Crippen LogP contribution in [0.2, 0.25) is 10.0 Å². The number of urea groups is 1. The Morgan fingerprint density at radius 3 is 2.23 bits per heavy atom. The van der Waals surface area contributed by atoms with E-state index in [4.69, 9.17) is 23.2 Å². The minimum absolute atomic E-state index is 0.0481. The van der Waals surface area contributed by atoms with Crippen LogP contribution in [0.3, 0.4) is 0 Å². The summed E-state index contributed by atoms with van der Waals surface area (Å²) in [6.07, 6.45) is 0. The smallest absolute Gasteiger partial charge is 0.322 e. The van der Waals surface area contributed by atoms with Gasteiger partial charge in [-0.2, -0.15) is 0 Å². The van der Waals surface area contributed by atoms with Crippen molar-refractivity contribution in [2.75, 3.05) is 0 Å². The number of benzene rings is 2. The molecule has 0 spiro atoms. The molecule has 3 rings (SSSR count). The van der Waals surface area contributed by atoms with Crippen LogP contribution < -0.4 is 5.32 Å². The molecule has 3 amide bonds. The summed E-state index contributed by atoms with van der Waals surface area (Å²) in [4.78, 5) is 25.7. The molecule has 1 unspecified atom stereocenters. The molecule has 1 atom stereocenters. The van der Waals surface area contributed by atoms with E-state index >= 15 is 0 Å². The van der Waals surface area contributed by atoms with Gasteiger partial charge in [-0.15, -0.1) is 0 Å². The zero-order valence-electron chi connectivity index (χ0n) is 11.4. The molecule has 1 N–H and O–H groups in total. The van der Waals surface area contributed by atoms with Gasteiger partial charge in [0.2, 0.25) is 0 Å². The molecule has 1 fully saturated rings. The fourth-order valence-corrected chi connectivity index (χ4v) is 2.90. The lowest BCUT2D eigenvalue weighted by atomic mass is 10.1. The Kier molecular flexibility index (Phi) is 4.05. The van der Waals surface area contributed by atoms with Gasteiger partial charge >= 0.3 is 6.03 Å². The first-order valence-electron chi connectivity index (χ1n) is 6.67. The third-order valence-corrected chi connectivity index (χ3v) is 4.24. The fourth-order valence-electron chi connectivity index (χ4n) is 2.38. The third-order valence-electron chi connectivity index (χ3n) is 3.54. The topological polar surface area (TPSA) is 49.4 Å². The number of nitrogens with zero attached hydrogens (tertiary/aromatic N) is 1. The molecule has 0 bridgehead atoms. The van der Waals surface area contributed by atoms with E-state index in [0.29, 0.717) is 15.6 Å². The highest BCUT2D eigenvalue weighted by Crippen LogP contribution is 2.29. The van der Waals surface area contributed by atoms with E-state index in [9.17, 15) is 9.59 Å². The zero-order valence-corrected chi connectivity index (χ0v) is 12.9. The minimum atomic E-state index is -0.671. The maximum Gasteiger partial charge on any atom is 0.325 e. The maximum absolute atomic E-state index is 12.5. The number of hydrogen-bond acceptors (Lipinski definition) is 2. The Morgan fingerprint density at radius 2 is 1.59 bits per heavy atom. The number of nitrogens with one attached hydrogen (secondary N) is 1. The SMILES string of the molecule is O=C1NC(c2ccccc2)C(=O)N1Cc1c(Cl)cccc1Cl. The van der Waals surface area contributed by atoms with Crippen LogP contribution in [0.15, 0.2) is 48.5 Å². The van der Waals surface area contributed by atoms with Crippen molar-refractivity contribution >= 4 is 35.1 Å². The number of rotatable bonds is 3. The normalized spacial score (nSPS) is 17.7. The summed E-state index contributed by atoms with van der Waals surface area (Å²) in [7, 11) is 0. The summed E-state index contributed by atoms with van der Waals surface area (Å²) in [6, 6.07) is 13.0. The Balaban J connectivity index is 1.87. The largest absolute Gasteiger partial charge is 0.325 e. The van der Waals surface area contributed by atoms with Crippen molar-refractivity contribution in [3.63, 3.8) is 0 Å². The Bertz CT molecular complexity index is 714. The van der Waals surface area contributed by atoms with Crippen molar-refractivity contribution in [3.8, 4) is 0 Å². The first kappa shape index (κ1) is 14.9. The molecule has 0 radical (unpaired) electrons. The molecule has 6 heteroatoms. The molecule has 0 saturated carbocycles. The lowest BCUT2D eigenvalue weighted by Crippen LogP contribution is -2.30. The van der Waals surface area contributed by atoms with E-state index < -0.39 is 12.1 Å². The van der Waals surface area contributed by atoms with Crippen LogP contribution >= 0.6 is 23.2 Å². The van der Waals surface area contributed by atoms with Gasteiger partial charge in [0, 0.05) is 15.6 Å². The van der Waals surface area contributed by atoms with Gasteiger partial charge in [-0.05, 0) is 17.7 Å². The van der Waals surface area contributed by atoms with Gasteiger partial charge in [0.05, 0.1) is 6.54 Å². The van der Waals surface area contributed by atoms with Gasteiger partial charge in [0.15, 0.2) is 0 Å².